The van der Waals surface area contributed by atoms with Crippen LogP contribution in [0.5, 0.6) is 5.75 Å². The average molecular weight is 493 g/mol. The summed E-state index contributed by atoms with van der Waals surface area (Å²) in [7, 11) is 0. The van der Waals surface area contributed by atoms with Crippen LogP contribution in [0.15, 0.2) is 42.5 Å². The average Bonchev–Trinajstić information content (AvgIpc) is 2.76. The molecule has 2 rings (SSSR count). The van der Waals surface area contributed by atoms with Crippen LogP contribution in [0.25, 0.3) is 0 Å². The van der Waals surface area contributed by atoms with Crippen LogP contribution < -0.4 is 10.1 Å². The Morgan fingerprint density at radius 2 is 1.79 bits per heavy atom. The Kier molecular flexibility index (Phi) is 10.1. The van der Waals surface area contributed by atoms with E-state index in [1.54, 1.807) is 23.1 Å². The van der Waals surface area contributed by atoms with Crippen LogP contribution >= 0.6 is 23.2 Å². The highest BCUT2D eigenvalue weighted by Gasteiger charge is 2.29. The number of hydrogen-bond acceptors (Lipinski definition) is 3. The molecule has 2 amide bonds. The normalized spacial score (nSPS) is 12.2. The first kappa shape index (κ1) is 27.0. The van der Waals surface area contributed by atoms with Crippen molar-refractivity contribution in [2.75, 3.05) is 13.2 Å². The molecule has 2 aromatic rings. The molecular weight excluding hydrogens is 459 g/mol. The van der Waals surface area contributed by atoms with Gasteiger partial charge in [0.2, 0.25) is 5.91 Å². The van der Waals surface area contributed by atoms with E-state index in [0.717, 1.165) is 12.0 Å². The molecule has 7 heteroatoms. The molecule has 0 fully saturated rings. The fraction of sp³-hybridized carbons (Fsp3) is 0.462. The molecule has 1 N–H and O–H groups in total. The number of ether oxygens (including phenoxy) is 1. The predicted molar refractivity (Wildman–Crippen MR) is 135 cm³/mol. The van der Waals surface area contributed by atoms with E-state index in [1.807, 2.05) is 38.1 Å². The molecular formula is C26H34Cl2N2O3. The minimum atomic E-state index is -0.641. The number of amides is 2. The third kappa shape index (κ3) is 7.65. The second kappa shape index (κ2) is 12.3. The monoisotopic (exact) mass is 492 g/mol. The van der Waals surface area contributed by atoms with Crippen molar-refractivity contribution in [2.24, 2.45) is 0 Å². The number of carbonyl (C=O) groups excluding carboxylic acids is 2. The van der Waals surface area contributed by atoms with Crippen molar-refractivity contribution < 1.29 is 14.3 Å². The van der Waals surface area contributed by atoms with Crippen molar-refractivity contribution in [3.63, 3.8) is 0 Å². The number of hydrogen-bond donors (Lipinski definition) is 1. The summed E-state index contributed by atoms with van der Waals surface area (Å²) >= 11 is 12.4. The second-order valence-corrected chi connectivity index (χ2v) is 9.85. The van der Waals surface area contributed by atoms with E-state index in [-0.39, 0.29) is 30.4 Å². The van der Waals surface area contributed by atoms with Crippen LogP contribution in [0.1, 0.15) is 58.6 Å². The molecule has 0 heterocycles. The summed E-state index contributed by atoms with van der Waals surface area (Å²) in [6.07, 6.45) is 1.27. The fourth-order valence-corrected chi connectivity index (χ4v) is 4.02. The van der Waals surface area contributed by atoms with Crippen molar-refractivity contribution >= 4 is 35.0 Å². The van der Waals surface area contributed by atoms with Gasteiger partial charge in [-0.2, -0.15) is 0 Å². The molecule has 0 aliphatic heterocycles. The summed E-state index contributed by atoms with van der Waals surface area (Å²) in [5, 5.41) is 3.86. The van der Waals surface area contributed by atoms with E-state index in [9.17, 15) is 9.59 Å². The number of rotatable bonds is 10. The molecule has 0 unspecified atom stereocenters. The lowest BCUT2D eigenvalue weighted by Crippen LogP contribution is -2.50. The van der Waals surface area contributed by atoms with Crippen LogP contribution in [0.3, 0.4) is 0 Å². The van der Waals surface area contributed by atoms with E-state index in [4.69, 9.17) is 27.9 Å². The first-order valence-corrected chi connectivity index (χ1v) is 12.1. The Labute approximate surface area is 207 Å². The van der Waals surface area contributed by atoms with Gasteiger partial charge in [0.15, 0.2) is 6.61 Å². The van der Waals surface area contributed by atoms with Crippen molar-refractivity contribution in [1.29, 1.82) is 0 Å². The van der Waals surface area contributed by atoms with Crippen LogP contribution in [0.2, 0.25) is 10.0 Å². The van der Waals surface area contributed by atoms with Gasteiger partial charge < -0.3 is 15.0 Å². The van der Waals surface area contributed by atoms with E-state index in [2.05, 4.69) is 26.1 Å². The summed E-state index contributed by atoms with van der Waals surface area (Å²) in [6.45, 7) is 10.7. The number of benzene rings is 2. The lowest BCUT2D eigenvalue weighted by Gasteiger charge is -2.31. The zero-order valence-electron chi connectivity index (χ0n) is 20.1. The number of para-hydroxylation sites is 1. The zero-order chi connectivity index (χ0) is 24.6. The molecule has 0 saturated carbocycles. The fourth-order valence-electron chi connectivity index (χ4n) is 3.55. The number of carbonyl (C=O) groups is 2. The molecule has 0 aliphatic carbocycles. The maximum atomic E-state index is 13.4. The molecule has 33 heavy (non-hydrogen) atoms. The van der Waals surface area contributed by atoms with Crippen molar-refractivity contribution in [3.05, 3.63) is 63.6 Å². The van der Waals surface area contributed by atoms with Gasteiger partial charge in [-0.1, -0.05) is 82.1 Å². The molecule has 2 aromatic carbocycles. The molecule has 0 radical (unpaired) electrons. The summed E-state index contributed by atoms with van der Waals surface area (Å²) in [6, 6.07) is 12.2. The minimum Gasteiger partial charge on any atom is -0.483 e. The predicted octanol–water partition coefficient (Wildman–Crippen LogP) is 6.00. The van der Waals surface area contributed by atoms with E-state index in [0.29, 0.717) is 34.3 Å². The summed E-state index contributed by atoms with van der Waals surface area (Å²) < 4.78 is 5.97. The van der Waals surface area contributed by atoms with Crippen molar-refractivity contribution in [3.8, 4) is 5.75 Å². The van der Waals surface area contributed by atoms with Gasteiger partial charge in [-0.25, -0.2) is 0 Å². The number of nitrogens with zero attached hydrogens (tertiary/aromatic N) is 1. The SMILES string of the molecule is CCCNC(=O)[C@@H](CC)N(Cc1ccc(Cl)cc1Cl)C(=O)COc1ccccc1C(C)(C)C. The maximum Gasteiger partial charge on any atom is 0.261 e. The van der Waals surface area contributed by atoms with E-state index in [1.165, 1.54) is 0 Å². The zero-order valence-corrected chi connectivity index (χ0v) is 21.6. The lowest BCUT2D eigenvalue weighted by atomic mass is 9.86. The smallest absolute Gasteiger partial charge is 0.261 e. The van der Waals surface area contributed by atoms with E-state index < -0.39 is 6.04 Å². The van der Waals surface area contributed by atoms with Gasteiger partial charge in [-0.15, -0.1) is 0 Å². The summed E-state index contributed by atoms with van der Waals surface area (Å²) in [5.41, 5.74) is 1.59. The highest BCUT2D eigenvalue weighted by molar-refractivity contribution is 6.35. The summed E-state index contributed by atoms with van der Waals surface area (Å²) in [4.78, 5) is 27.8. The first-order chi connectivity index (χ1) is 15.6. The van der Waals surface area contributed by atoms with Crippen LogP contribution in [0, 0.1) is 0 Å². The highest BCUT2D eigenvalue weighted by Crippen LogP contribution is 2.31. The van der Waals surface area contributed by atoms with Gasteiger partial charge >= 0.3 is 0 Å². The number of halogens is 2. The molecule has 5 nitrogen and oxygen atoms in total. The molecule has 0 saturated heterocycles. The van der Waals surface area contributed by atoms with Gasteiger partial charge in [0.1, 0.15) is 11.8 Å². The standard InChI is InChI=1S/C26H34Cl2N2O3/c1-6-14-29-25(32)22(7-2)30(16-18-12-13-19(27)15-21(18)28)24(31)17-33-23-11-9-8-10-20(23)26(3,4)5/h8-13,15,22H,6-7,14,16-17H2,1-5H3,(H,29,32)/t22-/m1/s1. The Hall–Kier alpha value is -2.24. The largest absolute Gasteiger partial charge is 0.483 e. The van der Waals surface area contributed by atoms with Crippen molar-refractivity contribution in [1.82, 2.24) is 10.2 Å². The van der Waals surface area contributed by atoms with Crippen molar-refractivity contribution in [2.45, 2.75) is 65.5 Å². The molecule has 1 atom stereocenters. The van der Waals surface area contributed by atoms with E-state index >= 15 is 0 Å². The van der Waals surface area contributed by atoms with Crippen LogP contribution in [-0.4, -0.2) is 35.9 Å². The second-order valence-electron chi connectivity index (χ2n) is 9.01. The van der Waals surface area contributed by atoms with Gasteiger partial charge in [0.25, 0.3) is 5.91 Å². The Balaban J connectivity index is 2.30. The Bertz CT molecular complexity index is 957. The van der Waals surface area contributed by atoms with Gasteiger partial charge in [0, 0.05) is 23.1 Å². The quantitative estimate of drug-likeness (QED) is 0.442. The molecule has 0 aliphatic rings. The molecule has 0 spiro atoms. The lowest BCUT2D eigenvalue weighted by molar-refractivity contribution is -0.143. The third-order valence-corrected chi connectivity index (χ3v) is 5.92. The Morgan fingerprint density at radius 1 is 1.09 bits per heavy atom. The maximum absolute atomic E-state index is 13.4. The summed E-state index contributed by atoms with van der Waals surface area (Å²) in [5.74, 6) is 0.183. The third-order valence-electron chi connectivity index (χ3n) is 5.34. The molecule has 0 aromatic heterocycles. The first-order valence-electron chi connectivity index (χ1n) is 11.3. The van der Waals surface area contributed by atoms with Crippen LogP contribution in [0.4, 0.5) is 0 Å². The highest BCUT2D eigenvalue weighted by atomic mass is 35.5. The van der Waals surface area contributed by atoms with Gasteiger partial charge in [-0.3, -0.25) is 9.59 Å². The Morgan fingerprint density at radius 3 is 2.39 bits per heavy atom. The van der Waals surface area contributed by atoms with Gasteiger partial charge in [-0.05, 0) is 47.6 Å². The van der Waals surface area contributed by atoms with Gasteiger partial charge in [0.05, 0.1) is 0 Å². The molecule has 180 valence electrons. The minimum absolute atomic E-state index is 0.137. The number of nitrogens with one attached hydrogen (secondary N) is 1. The molecule has 0 bridgehead atoms. The topological polar surface area (TPSA) is 58.6 Å². The van der Waals surface area contributed by atoms with Crippen LogP contribution in [-0.2, 0) is 21.5 Å².